The van der Waals surface area contributed by atoms with Gasteiger partial charge in [-0.05, 0) is 30.6 Å². The largest absolute Gasteiger partial charge is 0.389 e. The summed E-state index contributed by atoms with van der Waals surface area (Å²) in [5.41, 5.74) is 0.488. The minimum atomic E-state index is -0.317. The number of aliphatic hydroxyl groups is 1. The summed E-state index contributed by atoms with van der Waals surface area (Å²) in [6.07, 6.45) is 3.45. The van der Waals surface area contributed by atoms with Gasteiger partial charge in [-0.15, -0.1) is 0 Å². The molecule has 1 heterocycles. The van der Waals surface area contributed by atoms with Crippen LogP contribution in [0.15, 0.2) is 0 Å². The number of hydrogen-bond donors (Lipinski definition) is 2. The van der Waals surface area contributed by atoms with E-state index in [9.17, 15) is 5.11 Å². The lowest BCUT2D eigenvalue weighted by atomic mass is 9.70. The standard InChI is InChI=1S/C13H25NO2/c1-9-6-13(2,3)5-4-10(9)14-11-7-16-8-12(11)15/h9-12,14-15H,4-8H2,1-3H3. The van der Waals surface area contributed by atoms with Gasteiger partial charge in [-0.1, -0.05) is 20.8 Å². The third-order valence-electron chi connectivity index (χ3n) is 4.17. The molecule has 0 spiro atoms. The monoisotopic (exact) mass is 227 g/mol. The highest BCUT2D eigenvalue weighted by Gasteiger charge is 2.35. The minimum Gasteiger partial charge on any atom is -0.389 e. The molecule has 0 aromatic rings. The fourth-order valence-corrected chi connectivity index (χ4v) is 3.17. The van der Waals surface area contributed by atoms with E-state index in [-0.39, 0.29) is 12.1 Å². The quantitative estimate of drug-likeness (QED) is 0.752. The van der Waals surface area contributed by atoms with Crippen molar-refractivity contribution in [1.29, 1.82) is 0 Å². The Kier molecular flexibility index (Phi) is 3.57. The molecule has 0 radical (unpaired) electrons. The SMILES string of the molecule is CC1CC(C)(C)CCC1NC1COCC1O. The van der Waals surface area contributed by atoms with Gasteiger partial charge in [0.2, 0.25) is 0 Å². The third-order valence-corrected chi connectivity index (χ3v) is 4.17. The molecule has 4 unspecified atom stereocenters. The molecule has 0 aromatic heterocycles. The first-order chi connectivity index (χ1) is 7.48. The molecule has 2 rings (SSSR count). The molecule has 0 amide bonds. The van der Waals surface area contributed by atoms with Crippen LogP contribution in [0.2, 0.25) is 0 Å². The molecule has 0 bridgehead atoms. The molecular formula is C13H25NO2. The first-order valence-electron chi connectivity index (χ1n) is 6.50. The maximum atomic E-state index is 9.72. The summed E-state index contributed by atoms with van der Waals surface area (Å²) >= 11 is 0. The molecule has 16 heavy (non-hydrogen) atoms. The Balaban J connectivity index is 1.86. The molecule has 1 aliphatic carbocycles. The van der Waals surface area contributed by atoms with Crippen LogP contribution in [0.5, 0.6) is 0 Å². The predicted molar refractivity (Wildman–Crippen MR) is 64.3 cm³/mol. The fraction of sp³-hybridized carbons (Fsp3) is 1.00. The van der Waals surface area contributed by atoms with E-state index in [1.54, 1.807) is 0 Å². The van der Waals surface area contributed by atoms with Crippen LogP contribution in [0, 0.1) is 11.3 Å². The summed E-state index contributed by atoms with van der Waals surface area (Å²) in [4.78, 5) is 0. The molecule has 94 valence electrons. The lowest BCUT2D eigenvalue weighted by Crippen LogP contribution is -2.50. The van der Waals surface area contributed by atoms with Crippen LogP contribution >= 0.6 is 0 Å². The van der Waals surface area contributed by atoms with E-state index in [1.807, 2.05) is 0 Å². The molecule has 3 nitrogen and oxygen atoms in total. The summed E-state index contributed by atoms with van der Waals surface area (Å²) in [6.45, 7) is 8.18. The second-order valence-electron chi connectivity index (χ2n) is 6.37. The van der Waals surface area contributed by atoms with E-state index in [1.165, 1.54) is 19.3 Å². The van der Waals surface area contributed by atoms with Crippen LogP contribution in [-0.2, 0) is 4.74 Å². The van der Waals surface area contributed by atoms with Crippen molar-refractivity contribution in [2.24, 2.45) is 11.3 Å². The first-order valence-corrected chi connectivity index (χ1v) is 6.50. The van der Waals surface area contributed by atoms with Crippen molar-refractivity contribution >= 4 is 0 Å². The van der Waals surface area contributed by atoms with Crippen molar-refractivity contribution < 1.29 is 9.84 Å². The van der Waals surface area contributed by atoms with Crippen molar-refractivity contribution in [3.63, 3.8) is 0 Å². The molecule has 1 aliphatic heterocycles. The van der Waals surface area contributed by atoms with Gasteiger partial charge in [0.25, 0.3) is 0 Å². The van der Waals surface area contributed by atoms with Crippen LogP contribution in [0.3, 0.4) is 0 Å². The zero-order valence-corrected chi connectivity index (χ0v) is 10.7. The molecule has 2 fully saturated rings. The van der Waals surface area contributed by atoms with E-state index in [4.69, 9.17) is 4.74 Å². The Morgan fingerprint density at radius 3 is 2.56 bits per heavy atom. The normalized spacial score (nSPS) is 43.5. The molecule has 0 aromatic carbocycles. The average molecular weight is 227 g/mol. The lowest BCUT2D eigenvalue weighted by Gasteiger charge is -2.40. The minimum absolute atomic E-state index is 0.147. The fourth-order valence-electron chi connectivity index (χ4n) is 3.17. The van der Waals surface area contributed by atoms with Crippen LogP contribution in [0.4, 0.5) is 0 Å². The first kappa shape index (κ1) is 12.3. The van der Waals surface area contributed by atoms with Gasteiger partial charge in [-0.2, -0.15) is 0 Å². The van der Waals surface area contributed by atoms with Crippen molar-refractivity contribution in [1.82, 2.24) is 5.32 Å². The van der Waals surface area contributed by atoms with E-state index in [0.29, 0.717) is 30.6 Å². The van der Waals surface area contributed by atoms with Crippen LogP contribution < -0.4 is 5.32 Å². The van der Waals surface area contributed by atoms with E-state index in [2.05, 4.69) is 26.1 Å². The Morgan fingerprint density at radius 2 is 2.00 bits per heavy atom. The van der Waals surface area contributed by atoms with Crippen molar-refractivity contribution in [3.05, 3.63) is 0 Å². The maximum absolute atomic E-state index is 9.72. The second kappa shape index (κ2) is 4.63. The summed E-state index contributed by atoms with van der Waals surface area (Å²) in [7, 11) is 0. The van der Waals surface area contributed by atoms with Gasteiger partial charge >= 0.3 is 0 Å². The van der Waals surface area contributed by atoms with Crippen LogP contribution in [0.25, 0.3) is 0 Å². The zero-order chi connectivity index (χ0) is 11.8. The molecule has 1 saturated heterocycles. The highest BCUT2D eigenvalue weighted by molar-refractivity contribution is 4.91. The van der Waals surface area contributed by atoms with Crippen molar-refractivity contribution in [2.75, 3.05) is 13.2 Å². The van der Waals surface area contributed by atoms with Crippen LogP contribution in [-0.4, -0.2) is 36.5 Å². The Hall–Kier alpha value is -0.120. The maximum Gasteiger partial charge on any atom is 0.0948 e. The van der Waals surface area contributed by atoms with Gasteiger partial charge in [0.05, 0.1) is 25.4 Å². The smallest absolute Gasteiger partial charge is 0.0948 e. The number of aliphatic hydroxyl groups excluding tert-OH is 1. The van der Waals surface area contributed by atoms with E-state index >= 15 is 0 Å². The predicted octanol–water partition coefficient (Wildman–Crippen LogP) is 1.55. The van der Waals surface area contributed by atoms with Gasteiger partial charge < -0.3 is 15.2 Å². The number of rotatable bonds is 2. The van der Waals surface area contributed by atoms with Crippen molar-refractivity contribution in [3.8, 4) is 0 Å². The summed E-state index contributed by atoms with van der Waals surface area (Å²) in [5.74, 6) is 0.691. The van der Waals surface area contributed by atoms with Gasteiger partial charge in [-0.25, -0.2) is 0 Å². The summed E-state index contributed by atoms with van der Waals surface area (Å²) in [5, 5.41) is 13.3. The zero-order valence-electron chi connectivity index (χ0n) is 10.7. The Morgan fingerprint density at radius 1 is 1.25 bits per heavy atom. The van der Waals surface area contributed by atoms with Gasteiger partial charge in [0, 0.05) is 6.04 Å². The lowest BCUT2D eigenvalue weighted by molar-refractivity contribution is 0.106. The highest BCUT2D eigenvalue weighted by Crippen LogP contribution is 2.38. The number of hydrogen-bond acceptors (Lipinski definition) is 3. The number of ether oxygens (including phenoxy) is 1. The van der Waals surface area contributed by atoms with Gasteiger partial charge in [0.15, 0.2) is 0 Å². The third kappa shape index (κ3) is 2.76. The van der Waals surface area contributed by atoms with Gasteiger partial charge in [-0.3, -0.25) is 0 Å². The van der Waals surface area contributed by atoms with E-state index < -0.39 is 0 Å². The second-order valence-corrected chi connectivity index (χ2v) is 6.37. The molecule has 2 N–H and O–H groups in total. The summed E-state index contributed by atoms with van der Waals surface area (Å²) in [6, 6.07) is 0.697. The van der Waals surface area contributed by atoms with Crippen LogP contribution in [0.1, 0.15) is 40.0 Å². The highest BCUT2D eigenvalue weighted by atomic mass is 16.5. The number of nitrogens with one attached hydrogen (secondary N) is 1. The molecular weight excluding hydrogens is 202 g/mol. The van der Waals surface area contributed by atoms with Gasteiger partial charge in [0.1, 0.15) is 0 Å². The van der Waals surface area contributed by atoms with E-state index in [0.717, 1.165) is 0 Å². The molecule has 4 atom stereocenters. The van der Waals surface area contributed by atoms with Crippen molar-refractivity contribution in [2.45, 2.75) is 58.2 Å². The molecule has 3 heteroatoms. The molecule has 1 saturated carbocycles. The Bertz CT molecular complexity index is 242. The molecule has 2 aliphatic rings. The average Bonchev–Trinajstić information content (AvgIpc) is 2.56. The Labute approximate surface area is 98.6 Å². The topological polar surface area (TPSA) is 41.5 Å². The summed E-state index contributed by atoms with van der Waals surface area (Å²) < 4.78 is 5.27.